The van der Waals surface area contributed by atoms with Crippen LogP contribution in [0.3, 0.4) is 0 Å². The number of oxime groups is 2. The lowest BCUT2D eigenvalue weighted by molar-refractivity contribution is -0.118. The number of carbonyl (C=O) groups is 2. The van der Waals surface area contributed by atoms with E-state index in [-0.39, 0.29) is 34.1 Å². The third-order valence-electron chi connectivity index (χ3n) is 17.8. The van der Waals surface area contributed by atoms with E-state index >= 15 is 0 Å². The number of aryl methyl sites for hydroxylation is 1. The van der Waals surface area contributed by atoms with E-state index in [0.29, 0.717) is 85.8 Å². The van der Waals surface area contributed by atoms with Crippen molar-refractivity contribution in [2.45, 2.75) is 143 Å². The van der Waals surface area contributed by atoms with Gasteiger partial charge in [0.15, 0.2) is 10.9 Å². The molecule has 0 bridgehead atoms. The van der Waals surface area contributed by atoms with E-state index in [1.807, 2.05) is 13.0 Å². The van der Waals surface area contributed by atoms with Crippen LogP contribution in [0.25, 0.3) is 0 Å². The van der Waals surface area contributed by atoms with Crippen molar-refractivity contribution in [3.05, 3.63) is 78.2 Å². The predicted octanol–water partition coefficient (Wildman–Crippen LogP) is 13.3. The lowest BCUT2D eigenvalue weighted by Crippen LogP contribution is -2.44. The minimum Gasteiger partial charge on any atom is -0.506 e. The molecule has 10 rings (SSSR count). The van der Waals surface area contributed by atoms with Gasteiger partial charge in [0.1, 0.15) is 20.0 Å². The Hall–Kier alpha value is -3.84. The Balaban J connectivity index is 0.000000169. The maximum absolute atomic E-state index is 12.7. The van der Waals surface area contributed by atoms with Gasteiger partial charge < -0.3 is 30.9 Å². The Bertz CT molecular complexity index is 2560. The highest BCUT2D eigenvalue weighted by Crippen LogP contribution is 2.65. The fourth-order valence-electron chi connectivity index (χ4n) is 14.2. The predicted molar refractivity (Wildman–Crippen MR) is 278 cm³/mol. The van der Waals surface area contributed by atoms with Gasteiger partial charge in [0.05, 0.1) is 26.5 Å². The number of aromatic nitrogens is 1. The Kier molecular flexibility index (Phi) is 15.2. The number of anilines is 1. The molecule has 4 fully saturated rings. The molecule has 1 aromatic heterocycles. The molecular weight excluding hydrogens is 953 g/mol. The molecule has 5 N–H and O–H groups in total. The molecule has 0 aliphatic heterocycles. The molecule has 7 aliphatic carbocycles. The molecule has 0 saturated heterocycles. The number of phenolic OH excluding ortho intramolecular Hbond substituents is 2. The van der Waals surface area contributed by atoms with Crippen molar-refractivity contribution in [2.24, 2.45) is 67.8 Å². The van der Waals surface area contributed by atoms with Gasteiger partial charge in [-0.1, -0.05) is 90.5 Å². The highest BCUT2D eigenvalue weighted by atomic mass is 35.5. The van der Waals surface area contributed by atoms with Crippen LogP contribution in [0.2, 0.25) is 15.1 Å². The molecule has 0 radical (unpaired) electrons. The van der Waals surface area contributed by atoms with E-state index in [2.05, 4.69) is 67.4 Å². The van der Waals surface area contributed by atoms with Crippen molar-refractivity contribution >= 4 is 74.5 Å². The van der Waals surface area contributed by atoms with E-state index in [1.54, 1.807) is 26.5 Å². The Morgan fingerprint density at radius 1 is 0.826 bits per heavy atom. The zero-order chi connectivity index (χ0) is 49.7. The summed E-state index contributed by atoms with van der Waals surface area (Å²) in [4.78, 5) is 40.0. The Morgan fingerprint density at radius 2 is 1.35 bits per heavy atom. The number of fused-ring (bicyclic) bond motifs is 10. The van der Waals surface area contributed by atoms with Crippen LogP contribution in [-0.2, 0) is 32.1 Å². The molecular formula is C54H70Cl3N5O6S. The van der Waals surface area contributed by atoms with Gasteiger partial charge in [0, 0.05) is 40.2 Å². The van der Waals surface area contributed by atoms with Crippen molar-refractivity contribution in [2.75, 3.05) is 19.5 Å². The maximum Gasteiger partial charge on any atom is 0.226 e. The molecule has 15 heteroatoms. The molecule has 374 valence electrons. The summed E-state index contributed by atoms with van der Waals surface area (Å²) in [6.45, 7) is 13.3. The summed E-state index contributed by atoms with van der Waals surface area (Å²) in [5.74, 6) is 3.27. The number of hydrogen-bond acceptors (Lipinski definition) is 10. The highest BCUT2D eigenvalue weighted by molar-refractivity contribution is 7.15. The second-order valence-electron chi connectivity index (χ2n) is 21.9. The number of benzene rings is 2. The van der Waals surface area contributed by atoms with E-state index in [0.717, 1.165) is 104 Å². The van der Waals surface area contributed by atoms with Crippen LogP contribution in [0, 0.1) is 58.7 Å². The molecule has 4 saturated carbocycles. The van der Waals surface area contributed by atoms with E-state index in [4.69, 9.17) is 50.2 Å². The molecule has 2 aromatic carbocycles. The summed E-state index contributed by atoms with van der Waals surface area (Å²) >= 11 is 20.8. The first-order valence-corrected chi connectivity index (χ1v) is 26.8. The Labute approximate surface area is 427 Å². The average molecular weight is 1020 g/mol. The number of nitrogens with zero attached hydrogens (tertiary/aromatic N) is 3. The number of thiazole rings is 1. The Morgan fingerprint density at radius 3 is 1.84 bits per heavy atom. The normalized spacial score (nSPS) is 32.0. The van der Waals surface area contributed by atoms with Gasteiger partial charge in [-0.05, 0) is 173 Å². The summed E-state index contributed by atoms with van der Waals surface area (Å²) in [5, 5.41) is 34.0. The number of carbonyl (C=O) groups excluding carboxylic acids is 2. The molecule has 7 aliphatic rings. The summed E-state index contributed by atoms with van der Waals surface area (Å²) in [6.07, 6.45) is 16.2. The van der Waals surface area contributed by atoms with Crippen LogP contribution in [0.1, 0.15) is 151 Å². The number of hydrogen-bond donors (Lipinski definition) is 4. The van der Waals surface area contributed by atoms with Crippen molar-refractivity contribution < 1.29 is 29.5 Å². The van der Waals surface area contributed by atoms with Crippen LogP contribution in [-0.4, -0.2) is 52.7 Å². The first-order valence-electron chi connectivity index (χ1n) is 24.8. The van der Waals surface area contributed by atoms with Crippen LogP contribution in [0.15, 0.2) is 46.4 Å². The van der Waals surface area contributed by atoms with Crippen LogP contribution in [0.4, 0.5) is 5.13 Å². The van der Waals surface area contributed by atoms with Crippen LogP contribution < -0.4 is 11.1 Å². The van der Waals surface area contributed by atoms with Crippen LogP contribution in [0.5, 0.6) is 11.5 Å². The largest absolute Gasteiger partial charge is 0.506 e. The SMILES string of the molecule is CC1=CC1(C)C.CO/N=C1\CC(CCC(=O)Nc2ncc(C)s2)C2C3CCc4c(cc(Cl)c(O)c4Cl)C3CCC12C.CO/N=C1\CC(CCC(N)=O)C2C3CCc4c(ccc(O)c4Cl)C3CCC12C. The summed E-state index contributed by atoms with van der Waals surface area (Å²) in [7, 11) is 3.22. The lowest BCUT2D eigenvalue weighted by Gasteiger charge is -2.50. The zero-order valence-electron chi connectivity index (χ0n) is 41.4. The molecule has 0 spiro atoms. The highest BCUT2D eigenvalue weighted by Gasteiger charge is 2.59. The van der Waals surface area contributed by atoms with Gasteiger partial charge in [0.2, 0.25) is 11.8 Å². The smallest absolute Gasteiger partial charge is 0.226 e. The fourth-order valence-corrected chi connectivity index (χ4v) is 15.7. The first kappa shape index (κ1) is 51.5. The second kappa shape index (κ2) is 20.3. The van der Waals surface area contributed by atoms with Crippen molar-refractivity contribution in [1.29, 1.82) is 0 Å². The molecule has 69 heavy (non-hydrogen) atoms. The minimum atomic E-state index is -0.234. The number of primary amides is 1. The minimum absolute atomic E-state index is 0.00794. The van der Waals surface area contributed by atoms with E-state index in [9.17, 15) is 19.8 Å². The van der Waals surface area contributed by atoms with Gasteiger partial charge in [0.25, 0.3) is 0 Å². The molecule has 10 atom stereocenters. The zero-order valence-corrected chi connectivity index (χ0v) is 44.5. The van der Waals surface area contributed by atoms with Crippen molar-refractivity contribution in [3.8, 4) is 11.5 Å². The monoisotopic (exact) mass is 1020 g/mol. The third kappa shape index (κ3) is 10.0. The summed E-state index contributed by atoms with van der Waals surface area (Å²) in [5.41, 5.74) is 14.4. The fraction of sp³-hybridized carbons (Fsp3) is 0.611. The summed E-state index contributed by atoms with van der Waals surface area (Å²) in [6, 6.07) is 5.72. The summed E-state index contributed by atoms with van der Waals surface area (Å²) < 4.78 is 0. The van der Waals surface area contributed by atoms with Gasteiger partial charge >= 0.3 is 0 Å². The van der Waals surface area contributed by atoms with Crippen LogP contribution >= 0.6 is 46.1 Å². The quantitative estimate of drug-likeness (QED) is 0.122. The molecule has 3 aromatic rings. The van der Waals surface area contributed by atoms with Gasteiger partial charge in [-0.3, -0.25) is 9.59 Å². The maximum atomic E-state index is 12.7. The number of halogens is 3. The molecule has 11 nitrogen and oxygen atoms in total. The second-order valence-corrected chi connectivity index (χ2v) is 24.3. The van der Waals surface area contributed by atoms with Gasteiger partial charge in [-0.15, -0.1) is 11.3 Å². The number of aromatic hydroxyl groups is 2. The molecule has 10 unspecified atom stereocenters. The lowest BCUT2D eigenvalue weighted by atomic mass is 9.54. The number of nitrogens with two attached hydrogens (primary N) is 1. The molecule has 2 amide bonds. The average Bonchev–Trinajstić information content (AvgIpc) is 3.57. The molecule has 1 heterocycles. The number of phenols is 2. The van der Waals surface area contributed by atoms with Gasteiger partial charge in [-0.2, -0.15) is 0 Å². The first-order chi connectivity index (χ1) is 32.7. The van der Waals surface area contributed by atoms with Crippen molar-refractivity contribution in [3.63, 3.8) is 0 Å². The number of allylic oxidation sites excluding steroid dienone is 2. The number of rotatable bonds is 9. The number of nitrogens with one attached hydrogen (secondary N) is 1. The van der Waals surface area contributed by atoms with E-state index in [1.165, 1.54) is 28.0 Å². The van der Waals surface area contributed by atoms with Crippen molar-refractivity contribution in [1.82, 2.24) is 4.98 Å². The topological polar surface area (TPSA) is 169 Å². The standard InChI is InChI=1S/C26H31Cl2N3O3S.C22H29ClN2O3.C6H10/c1-13-12-29-25(35-13)30-21(32)7-4-14-10-20(31-34-3)26(2)9-8-15-16(22(14)26)5-6-17-18(15)11-19(27)24(33)23(17)28;1-22-10-9-14-13-6-7-17(26)21(23)16(13)5-4-15(14)20(22)12(3-8-19(24)27)11-18(22)25-28-2;1-5-4-6(5,2)3/h11-12,14-16,22,33H,4-10H2,1-3H3,(H,29,30,32);6-7,12,14-15,20,26H,3-5,8-11H2,1-2H3,(H2,24,27);4H,1-3H3/b31-20+;25-18+;. The third-order valence-corrected chi connectivity index (χ3v) is 19.7. The van der Waals surface area contributed by atoms with Gasteiger partial charge in [-0.25, -0.2) is 4.98 Å². The van der Waals surface area contributed by atoms with E-state index < -0.39 is 0 Å². The number of amides is 2.